The monoisotopic (exact) mass is 361 g/mol. The van der Waals surface area contributed by atoms with Gasteiger partial charge in [-0.25, -0.2) is 4.98 Å². The molecule has 1 saturated heterocycles. The molecule has 0 spiro atoms. The highest BCUT2D eigenvalue weighted by Crippen LogP contribution is 2.32. The summed E-state index contributed by atoms with van der Waals surface area (Å²) in [4.78, 5) is 22.6. The molecule has 1 aromatic carbocycles. The largest absolute Gasteiger partial charge is 0.346 e. The summed E-state index contributed by atoms with van der Waals surface area (Å²) < 4.78 is 2.09. The lowest BCUT2D eigenvalue weighted by molar-refractivity contribution is 0.121. The Morgan fingerprint density at radius 2 is 2.04 bits per heavy atom. The SMILES string of the molecule is C[C@@H]1CCN(Cc2ccccc2)C[C@@H]1n1[nH]c(=O)c2cnc3[nH]ccc3c21. The van der Waals surface area contributed by atoms with Gasteiger partial charge in [0.1, 0.15) is 5.65 Å². The summed E-state index contributed by atoms with van der Waals surface area (Å²) in [6.07, 6.45) is 4.67. The highest BCUT2D eigenvalue weighted by molar-refractivity contribution is 6.02. The summed E-state index contributed by atoms with van der Waals surface area (Å²) in [6.45, 7) is 5.22. The van der Waals surface area contributed by atoms with Gasteiger partial charge in [0.15, 0.2) is 0 Å². The van der Waals surface area contributed by atoms with Crippen LogP contribution in [0.4, 0.5) is 0 Å². The molecule has 138 valence electrons. The van der Waals surface area contributed by atoms with Gasteiger partial charge in [-0.3, -0.25) is 19.5 Å². The quantitative estimate of drug-likeness (QED) is 0.588. The predicted molar refractivity (Wildman–Crippen MR) is 107 cm³/mol. The van der Waals surface area contributed by atoms with Crippen molar-refractivity contribution < 1.29 is 0 Å². The van der Waals surface area contributed by atoms with Gasteiger partial charge in [0.2, 0.25) is 0 Å². The molecule has 5 rings (SSSR count). The zero-order valence-electron chi connectivity index (χ0n) is 15.4. The Labute approximate surface area is 156 Å². The second kappa shape index (κ2) is 6.39. The van der Waals surface area contributed by atoms with Crippen molar-refractivity contribution in [2.75, 3.05) is 13.1 Å². The molecule has 0 radical (unpaired) electrons. The van der Waals surface area contributed by atoms with Gasteiger partial charge in [-0.05, 0) is 30.5 Å². The number of nitrogens with zero attached hydrogens (tertiary/aromatic N) is 3. The van der Waals surface area contributed by atoms with Gasteiger partial charge in [-0.15, -0.1) is 0 Å². The molecule has 0 saturated carbocycles. The number of piperidine rings is 1. The van der Waals surface area contributed by atoms with Crippen LogP contribution in [0.5, 0.6) is 0 Å². The van der Waals surface area contributed by atoms with Crippen LogP contribution in [-0.4, -0.2) is 37.7 Å². The molecule has 6 nitrogen and oxygen atoms in total. The first-order chi connectivity index (χ1) is 13.2. The van der Waals surface area contributed by atoms with Crippen LogP contribution in [0.1, 0.15) is 24.9 Å². The summed E-state index contributed by atoms with van der Waals surface area (Å²) in [5.41, 5.74) is 3.05. The second-order valence-corrected chi connectivity index (χ2v) is 7.63. The minimum absolute atomic E-state index is 0.0621. The normalized spacial score (nSPS) is 21.2. The van der Waals surface area contributed by atoms with Crippen LogP contribution in [0.25, 0.3) is 21.9 Å². The number of H-pyrrole nitrogens is 2. The van der Waals surface area contributed by atoms with Crippen molar-refractivity contribution in [1.82, 2.24) is 24.6 Å². The number of likely N-dealkylation sites (tertiary alicyclic amines) is 1. The number of rotatable bonds is 3. The molecule has 0 aliphatic carbocycles. The highest BCUT2D eigenvalue weighted by Gasteiger charge is 2.30. The van der Waals surface area contributed by atoms with Crippen molar-refractivity contribution >= 4 is 21.9 Å². The van der Waals surface area contributed by atoms with E-state index in [2.05, 4.69) is 61.9 Å². The maximum absolute atomic E-state index is 12.5. The number of aromatic amines is 2. The highest BCUT2D eigenvalue weighted by atomic mass is 16.1. The van der Waals surface area contributed by atoms with Crippen molar-refractivity contribution in [3.63, 3.8) is 0 Å². The third kappa shape index (κ3) is 2.77. The van der Waals surface area contributed by atoms with E-state index in [1.54, 1.807) is 6.20 Å². The average Bonchev–Trinajstić information content (AvgIpc) is 3.28. The number of pyridine rings is 1. The molecule has 3 aromatic heterocycles. The van der Waals surface area contributed by atoms with Crippen molar-refractivity contribution in [2.45, 2.75) is 25.9 Å². The van der Waals surface area contributed by atoms with E-state index in [1.807, 2.05) is 12.3 Å². The lowest BCUT2D eigenvalue weighted by Crippen LogP contribution is -2.40. The van der Waals surface area contributed by atoms with Crippen molar-refractivity contribution in [1.29, 1.82) is 0 Å². The van der Waals surface area contributed by atoms with E-state index >= 15 is 0 Å². The van der Waals surface area contributed by atoms with Crippen LogP contribution in [0.3, 0.4) is 0 Å². The van der Waals surface area contributed by atoms with Crippen LogP contribution in [0.15, 0.2) is 53.6 Å². The van der Waals surface area contributed by atoms with E-state index in [0.717, 1.165) is 42.6 Å². The number of hydrogen-bond acceptors (Lipinski definition) is 3. The molecule has 1 aliphatic rings. The summed E-state index contributed by atoms with van der Waals surface area (Å²) in [5.74, 6) is 0.491. The van der Waals surface area contributed by atoms with Gasteiger partial charge < -0.3 is 4.98 Å². The topological polar surface area (TPSA) is 69.7 Å². The molecule has 2 atom stereocenters. The molecule has 1 fully saturated rings. The third-order valence-electron chi connectivity index (χ3n) is 5.85. The molecule has 4 aromatic rings. The van der Waals surface area contributed by atoms with Gasteiger partial charge >= 0.3 is 0 Å². The summed E-state index contributed by atoms with van der Waals surface area (Å²) in [7, 11) is 0. The zero-order chi connectivity index (χ0) is 18.4. The van der Waals surface area contributed by atoms with Crippen molar-refractivity contribution in [2.24, 2.45) is 5.92 Å². The Balaban J connectivity index is 1.54. The first-order valence-corrected chi connectivity index (χ1v) is 9.53. The minimum atomic E-state index is -0.0621. The lowest BCUT2D eigenvalue weighted by atomic mass is 9.93. The Kier molecular flexibility index (Phi) is 3.86. The number of nitrogens with one attached hydrogen (secondary N) is 2. The Morgan fingerprint density at radius 1 is 1.19 bits per heavy atom. The molecule has 4 heterocycles. The Morgan fingerprint density at radius 3 is 2.89 bits per heavy atom. The molecule has 0 bridgehead atoms. The smallest absolute Gasteiger partial charge is 0.273 e. The molecule has 2 N–H and O–H groups in total. The molecular weight excluding hydrogens is 338 g/mol. The number of benzene rings is 1. The van der Waals surface area contributed by atoms with Crippen LogP contribution >= 0.6 is 0 Å². The summed E-state index contributed by atoms with van der Waals surface area (Å²) >= 11 is 0. The van der Waals surface area contributed by atoms with Gasteiger partial charge in [0, 0.05) is 30.9 Å². The van der Waals surface area contributed by atoms with Crippen LogP contribution in [-0.2, 0) is 6.54 Å². The van der Waals surface area contributed by atoms with Gasteiger partial charge in [0.05, 0.1) is 16.9 Å². The van der Waals surface area contributed by atoms with E-state index in [9.17, 15) is 4.79 Å². The second-order valence-electron chi connectivity index (χ2n) is 7.63. The van der Waals surface area contributed by atoms with E-state index in [4.69, 9.17) is 0 Å². The maximum Gasteiger partial charge on any atom is 0.273 e. The molecule has 0 unspecified atom stereocenters. The average molecular weight is 361 g/mol. The van der Waals surface area contributed by atoms with Crippen LogP contribution < -0.4 is 5.56 Å². The number of fused-ring (bicyclic) bond motifs is 3. The molecule has 1 aliphatic heterocycles. The predicted octanol–water partition coefficient (Wildman–Crippen LogP) is 3.29. The number of aromatic nitrogens is 4. The van der Waals surface area contributed by atoms with E-state index in [-0.39, 0.29) is 11.6 Å². The molecule has 6 heteroatoms. The fourth-order valence-electron chi connectivity index (χ4n) is 4.33. The van der Waals surface area contributed by atoms with Crippen molar-refractivity contribution in [3.8, 4) is 0 Å². The third-order valence-corrected chi connectivity index (χ3v) is 5.85. The first kappa shape index (κ1) is 16.3. The summed E-state index contributed by atoms with van der Waals surface area (Å²) in [5, 5.41) is 4.76. The van der Waals surface area contributed by atoms with E-state index in [1.165, 1.54) is 5.56 Å². The molecule has 0 amide bonds. The van der Waals surface area contributed by atoms with Crippen molar-refractivity contribution in [3.05, 3.63) is 64.7 Å². The van der Waals surface area contributed by atoms with Crippen LogP contribution in [0, 0.1) is 5.92 Å². The Bertz CT molecular complexity index is 1140. The molecule has 27 heavy (non-hydrogen) atoms. The van der Waals surface area contributed by atoms with E-state index < -0.39 is 0 Å². The standard InChI is InChI=1S/C21H23N5O/c1-14-8-10-25(12-15-5-3-2-4-6-15)13-18(14)26-19-16-7-9-22-20(16)23-11-17(19)21(27)24-26/h2-7,9,11,14,18H,8,10,12-13H2,1H3,(H,22,23)(H,24,27)/t14-,18+/m1/s1. The van der Waals surface area contributed by atoms with E-state index in [0.29, 0.717) is 11.3 Å². The Hall–Kier alpha value is -2.86. The van der Waals surface area contributed by atoms with Gasteiger partial charge in [-0.2, -0.15) is 0 Å². The lowest BCUT2D eigenvalue weighted by Gasteiger charge is -2.37. The fourth-order valence-corrected chi connectivity index (χ4v) is 4.33. The number of hydrogen-bond donors (Lipinski definition) is 2. The molecular formula is C21H23N5O. The van der Waals surface area contributed by atoms with Gasteiger partial charge in [0.25, 0.3) is 5.56 Å². The van der Waals surface area contributed by atoms with Gasteiger partial charge in [-0.1, -0.05) is 37.3 Å². The summed E-state index contributed by atoms with van der Waals surface area (Å²) in [6, 6.07) is 12.8. The first-order valence-electron chi connectivity index (χ1n) is 9.53. The minimum Gasteiger partial charge on any atom is -0.346 e. The van der Waals surface area contributed by atoms with Crippen LogP contribution in [0.2, 0.25) is 0 Å². The maximum atomic E-state index is 12.5. The zero-order valence-corrected chi connectivity index (χ0v) is 15.4. The fraction of sp³-hybridized carbons (Fsp3) is 0.333.